The molecule has 0 radical (unpaired) electrons. The summed E-state index contributed by atoms with van der Waals surface area (Å²) in [5.41, 5.74) is 0.890. The van der Waals surface area contributed by atoms with E-state index in [2.05, 4.69) is 20.1 Å². The zero-order valence-corrected chi connectivity index (χ0v) is 16.7. The zero-order valence-electron chi connectivity index (χ0n) is 16.7. The number of carbonyl (C=O) groups is 1. The van der Waals surface area contributed by atoms with Gasteiger partial charge in [0.1, 0.15) is 23.5 Å². The number of amides is 1. The molecule has 4 aromatic heterocycles. The minimum Gasteiger partial charge on any atom is -0.432 e. The first kappa shape index (κ1) is 20.2. The number of halogens is 3. The number of carbonyl (C=O) groups excluding carboxylic acids is 1. The maximum atomic E-state index is 14.3. The molecule has 0 aromatic carbocycles. The molecule has 5 rings (SSSR count). The van der Waals surface area contributed by atoms with E-state index in [4.69, 9.17) is 4.42 Å². The Balaban J connectivity index is 1.63. The van der Waals surface area contributed by atoms with E-state index in [-0.39, 0.29) is 18.0 Å². The molecule has 0 fully saturated rings. The number of imidazole rings is 1. The van der Waals surface area contributed by atoms with Crippen molar-refractivity contribution in [2.45, 2.75) is 31.9 Å². The number of aromatic amines is 1. The van der Waals surface area contributed by atoms with Gasteiger partial charge in [0, 0.05) is 24.9 Å². The van der Waals surface area contributed by atoms with Gasteiger partial charge >= 0.3 is 0 Å². The van der Waals surface area contributed by atoms with Crippen molar-refractivity contribution >= 4 is 11.4 Å². The quantitative estimate of drug-likeness (QED) is 0.499. The highest BCUT2D eigenvalue weighted by Crippen LogP contribution is 2.36. The van der Waals surface area contributed by atoms with Crippen molar-refractivity contribution in [3.05, 3.63) is 71.0 Å². The number of pyridine rings is 1. The van der Waals surface area contributed by atoms with Gasteiger partial charge in [0.05, 0.1) is 17.7 Å². The van der Waals surface area contributed by atoms with Crippen molar-refractivity contribution in [2.24, 2.45) is 0 Å². The predicted octanol–water partition coefficient (Wildman–Crippen LogP) is 2.96. The van der Waals surface area contributed by atoms with Crippen LogP contribution in [0.4, 0.5) is 13.2 Å². The third-order valence-electron chi connectivity index (χ3n) is 5.36. The van der Waals surface area contributed by atoms with Crippen LogP contribution >= 0.6 is 0 Å². The molecule has 2 N–H and O–H groups in total. The van der Waals surface area contributed by atoms with Crippen LogP contribution in [-0.4, -0.2) is 47.0 Å². The molecule has 166 valence electrons. The molecule has 0 bridgehead atoms. The lowest BCUT2D eigenvalue weighted by molar-refractivity contribution is 0.0631. The van der Waals surface area contributed by atoms with E-state index >= 15 is 0 Å². The highest BCUT2D eigenvalue weighted by Gasteiger charge is 2.40. The van der Waals surface area contributed by atoms with Crippen LogP contribution in [0.15, 0.2) is 35.1 Å². The van der Waals surface area contributed by atoms with E-state index in [0.717, 1.165) is 5.69 Å². The smallest absolute Gasteiger partial charge is 0.292 e. The summed E-state index contributed by atoms with van der Waals surface area (Å²) in [5.74, 6) is -2.39. The number of oxazole rings is 1. The van der Waals surface area contributed by atoms with Crippen LogP contribution in [0.5, 0.6) is 0 Å². The Kier molecular flexibility index (Phi) is 4.73. The normalized spacial score (nSPS) is 17.2. The summed E-state index contributed by atoms with van der Waals surface area (Å²) in [7, 11) is 0. The number of nitrogens with one attached hydrogen (secondary N) is 1. The maximum absolute atomic E-state index is 14.3. The molecule has 0 saturated carbocycles. The predicted molar refractivity (Wildman–Crippen MR) is 102 cm³/mol. The van der Waals surface area contributed by atoms with Gasteiger partial charge in [-0.15, -0.1) is 0 Å². The number of aliphatic hydroxyl groups excluding tert-OH is 1. The van der Waals surface area contributed by atoms with Crippen LogP contribution in [-0.2, 0) is 6.42 Å². The molecular formula is C20H17F3N6O3. The molecular weight excluding hydrogens is 429 g/mol. The molecule has 0 saturated heterocycles. The lowest BCUT2D eigenvalue weighted by Gasteiger charge is -2.33. The van der Waals surface area contributed by atoms with Crippen molar-refractivity contribution < 1.29 is 27.5 Å². The molecule has 5 heterocycles. The van der Waals surface area contributed by atoms with Crippen LogP contribution < -0.4 is 0 Å². The fourth-order valence-electron chi connectivity index (χ4n) is 3.89. The lowest BCUT2D eigenvalue weighted by Crippen LogP contribution is -2.41. The molecule has 1 amide bonds. The Morgan fingerprint density at radius 3 is 2.94 bits per heavy atom. The van der Waals surface area contributed by atoms with Crippen LogP contribution in [0.3, 0.4) is 0 Å². The highest BCUT2D eigenvalue weighted by atomic mass is 19.3. The van der Waals surface area contributed by atoms with Crippen LogP contribution in [0.1, 0.15) is 64.7 Å². The van der Waals surface area contributed by atoms with Crippen LogP contribution in [0, 0.1) is 5.82 Å². The number of nitrogens with zero attached hydrogens (tertiary/aromatic N) is 5. The van der Waals surface area contributed by atoms with Crippen LogP contribution in [0.2, 0.25) is 0 Å². The largest absolute Gasteiger partial charge is 0.432 e. The van der Waals surface area contributed by atoms with Gasteiger partial charge in [-0.3, -0.25) is 4.79 Å². The van der Waals surface area contributed by atoms with Crippen LogP contribution in [0.25, 0.3) is 5.52 Å². The second-order valence-corrected chi connectivity index (χ2v) is 7.42. The zero-order chi connectivity index (χ0) is 22.6. The van der Waals surface area contributed by atoms with Crippen molar-refractivity contribution in [3.63, 3.8) is 0 Å². The Morgan fingerprint density at radius 2 is 2.22 bits per heavy atom. The molecule has 0 aliphatic carbocycles. The van der Waals surface area contributed by atoms with Gasteiger partial charge < -0.3 is 19.4 Å². The van der Waals surface area contributed by atoms with Crippen molar-refractivity contribution in [2.75, 3.05) is 6.54 Å². The Hall–Kier alpha value is -3.67. The van der Waals surface area contributed by atoms with Gasteiger partial charge in [-0.25, -0.2) is 27.7 Å². The van der Waals surface area contributed by atoms with Gasteiger partial charge in [0.15, 0.2) is 5.69 Å². The highest BCUT2D eigenvalue weighted by molar-refractivity contribution is 5.93. The molecule has 0 spiro atoms. The fourth-order valence-corrected chi connectivity index (χ4v) is 3.89. The summed E-state index contributed by atoms with van der Waals surface area (Å²) < 4.78 is 48.0. The second-order valence-electron chi connectivity index (χ2n) is 7.42. The molecule has 9 nitrogen and oxygen atoms in total. The number of fused-ring (bicyclic) bond motifs is 2. The Labute approximate surface area is 178 Å². The molecule has 4 aromatic rings. The fraction of sp³-hybridized carbons (Fsp3) is 0.300. The van der Waals surface area contributed by atoms with Gasteiger partial charge in [-0.2, -0.15) is 5.10 Å². The maximum Gasteiger partial charge on any atom is 0.292 e. The molecule has 12 heteroatoms. The Morgan fingerprint density at radius 1 is 1.41 bits per heavy atom. The number of H-pyrrole nitrogens is 1. The van der Waals surface area contributed by atoms with E-state index < -0.39 is 41.7 Å². The second kappa shape index (κ2) is 7.48. The number of rotatable bonds is 4. The summed E-state index contributed by atoms with van der Waals surface area (Å²) in [6, 6.07) is 3.39. The van der Waals surface area contributed by atoms with E-state index in [0.29, 0.717) is 17.8 Å². The van der Waals surface area contributed by atoms with Gasteiger partial charge in [-0.05, 0) is 25.1 Å². The molecule has 1 unspecified atom stereocenters. The first-order valence-electron chi connectivity index (χ1n) is 9.79. The van der Waals surface area contributed by atoms with E-state index in [1.165, 1.54) is 40.9 Å². The minimum atomic E-state index is -3.08. The van der Waals surface area contributed by atoms with Crippen molar-refractivity contribution in [1.82, 2.24) is 29.5 Å². The number of hydrogen-bond acceptors (Lipinski definition) is 6. The summed E-state index contributed by atoms with van der Waals surface area (Å²) in [4.78, 5) is 25.6. The molecule has 2 atom stereocenters. The third kappa shape index (κ3) is 3.14. The molecule has 1 aliphatic heterocycles. The SMILES string of the molecule is C[C@@H](O)c1nc(C(F)F)c(C(=O)N2CCc3[nH]cnc3C2c2cc3c(F)cccn3n2)o1. The Bertz CT molecular complexity index is 1310. The summed E-state index contributed by atoms with van der Waals surface area (Å²) in [6.07, 6.45) is -0.945. The monoisotopic (exact) mass is 446 g/mol. The van der Waals surface area contributed by atoms with Gasteiger partial charge in [0.25, 0.3) is 12.3 Å². The number of aliphatic hydroxyl groups is 1. The van der Waals surface area contributed by atoms with Gasteiger partial charge in [-0.1, -0.05) is 0 Å². The third-order valence-corrected chi connectivity index (χ3v) is 5.36. The summed E-state index contributed by atoms with van der Waals surface area (Å²) >= 11 is 0. The van der Waals surface area contributed by atoms with E-state index in [9.17, 15) is 23.1 Å². The topological polar surface area (TPSA) is 113 Å². The van der Waals surface area contributed by atoms with Crippen molar-refractivity contribution in [3.8, 4) is 0 Å². The summed E-state index contributed by atoms with van der Waals surface area (Å²) in [6.45, 7) is 1.43. The first-order valence-corrected chi connectivity index (χ1v) is 9.79. The van der Waals surface area contributed by atoms with Gasteiger partial charge in [0.2, 0.25) is 11.7 Å². The standard InChI is InChI=1S/C20H17F3N6O3/c1-9(30)19-26-15(18(22)23)17(32-19)20(31)28-6-4-11-14(25-8-24-11)16(28)12-7-13-10(21)3-2-5-29(13)27-12/h2-3,5,7-9,16,18,30H,4,6H2,1H3,(H,24,25)/t9-,16?/m1/s1. The summed E-state index contributed by atoms with van der Waals surface area (Å²) in [5, 5.41) is 14.1. The minimum absolute atomic E-state index is 0.141. The average Bonchev–Trinajstić information content (AvgIpc) is 3.49. The van der Waals surface area contributed by atoms with E-state index in [1.807, 2.05) is 0 Å². The van der Waals surface area contributed by atoms with Crippen molar-refractivity contribution in [1.29, 1.82) is 0 Å². The van der Waals surface area contributed by atoms with E-state index in [1.54, 1.807) is 6.20 Å². The molecule has 1 aliphatic rings. The molecule has 32 heavy (non-hydrogen) atoms. The number of hydrogen-bond donors (Lipinski definition) is 2. The number of alkyl halides is 2. The number of aromatic nitrogens is 5. The lowest BCUT2D eigenvalue weighted by atomic mass is 9.99. The average molecular weight is 446 g/mol. The first-order chi connectivity index (χ1) is 15.3.